The van der Waals surface area contributed by atoms with Crippen molar-refractivity contribution >= 4 is 29.9 Å². The van der Waals surface area contributed by atoms with E-state index in [1.807, 2.05) is 0 Å². The number of nitrogens with one attached hydrogen (secondary N) is 1. The van der Waals surface area contributed by atoms with E-state index >= 15 is 0 Å². The van der Waals surface area contributed by atoms with E-state index < -0.39 is 0 Å². The molecule has 0 amide bonds. The normalized spacial score (nSPS) is 19.4. The van der Waals surface area contributed by atoms with Gasteiger partial charge in [0.1, 0.15) is 0 Å². The third-order valence-electron chi connectivity index (χ3n) is 2.48. The van der Waals surface area contributed by atoms with Crippen LogP contribution in [-0.2, 0) is 0 Å². The standard InChI is InChI=1S/C10H13N3O2S.ClH/c14-13(15)9-4-2-6-12-10(9)16-8-3-1-5-11-7-8;/h2,4,6,8,11H,1,3,5,7H2;1H. The molecular weight excluding hydrogens is 262 g/mol. The number of aromatic nitrogens is 1. The molecule has 1 aliphatic heterocycles. The summed E-state index contributed by atoms with van der Waals surface area (Å²) in [5.41, 5.74) is 0.109. The number of pyridine rings is 1. The average Bonchev–Trinajstić information content (AvgIpc) is 2.31. The lowest BCUT2D eigenvalue weighted by molar-refractivity contribution is -0.388. The second-order valence-corrected chi connectivity index (χ2v) is 4.96. The summed E-state index contributed by atoms with van der Waals surface area (Å²) in [6.45, 7) is 1.94. The molecule has 1 aromatic heterocycles. The lowest BCUT2D eigenvalue weighted by Crippen LogP contribution is -2.31. The fraction of sp³-hybridized carbons (Fsp3) is 0.500. The molecule has 1 atom stereocenters. The molecule has 1 saturated heterocycles. The summed E-state index contributed by atoms with van der Waals surface area (Å²) in [5, 5.41) is 15.0. The van der Waals surface area contributed by atoms with Gasteiger partial charge >= 0.3 is 5.69 Å². The molecule has 0 radical (unpaired) electrons. The zero-order valence-electron chi connectivity index (χ0n) is 9.17. The molecule has 0 saturated carbocycles. The fourth-order valence-corrected chi connectivity index (χ4v) is 2.88. The molecule has 5 nitrogen and oxygen atoms in total. The molecule has 0 aromatic carbocycles. The highest BCUT2D eigenvalue weighted by atomic mass is 35.5. The predicted molar refractivity (Wildman–Crippen MR) is 69.9 cm³/mol. The van der Waals surface area contributed by atoms with Gasteiger partial charge in [0.05, 0.1) is 4.92 Å². The van der Waals surface area contributed by atoms with E-state index in [1.165, 1.54) is 17.8 Å². The second-order valence-electron chi connectivity index (χ2n) is 3.67. The van der Waals surface area contributed by atoms with Crippen LogP contribution in [0.15, 0.2) is 23.4 Å². The third kappa shape index (κ3) is 3.83. The molecule has 0 bridgehead atoms. The first-order chi connectivity index (χ1) is 7.77. The summed E-state index contributed by atoms with van der Waals surface area (Å²) in [6, 6.07) is 3.10. The molecule has 7 heteroatoms. The van der Waals surface area contributed by atoms with Crippen molar-refractivity contribution in [3.63, 3.8) is 0 Å². The van der Waals surface area contributed by atoms with Crippen LogP contribution in [0.5, 0.6) is 0 Å². The summed E-state index contributed by atoms with van der Waals surface area (Å²) < 4.78 is 0. The zero-order chi connectivity index (χ0) is 11.4. The Morgan fingerprint density at radius 3 is 3.06 bits per heavy atom. The first-order valence-electron chi connectivity index (χ1n) is 5.24. The Morgan fingerprint density at radius 1 is 1.59 bits per heavy atom. The molecule has 1 aliphatic rings. The molecule has 17 heavy (non-hydrogen) atoms. The summed E-state index contributed by atoms with van der Waals surface area (Å²) in [6.07, 6.45) is 3.81. The van der Waals surface area contributed by atoms with Crippen LogP contribution in [0.2, 0.25) is 0 Å². The van der Waals surface area contributed by atoms with Gasteiger partial charge in [-0.2, -0.15) is 0 Å². The SMILES string of the molecule is Cl.O=[N+]([O-])c1cccnc1SC1CCCNC1. The van der Waals surface area contributed by atoms with Crippen molar-refractivity contribution in [3.8, 4) is 0 Å². The van der Waals surface area contributed by atoms with Crippen LogP contribution in [0.4, 0.5) is 5.69 Å². The van der Waals surface area contributed by atoms with Crippen molar-refractivity contribution in [2.75, 3.05) is 13.1 Å². The first-order valence-corrected chi connectivity index (χ1v) is 6.12. The van der Waals surface area contributed by atoms with E-state index in [0.717, 1.165) is 25.9 Å². The number of hydrogen-bond donors (Lipinski definition) is 1. The molecule has 2 heterocycles. The van der Waals surface area contributed by atoms with Gasteiger partial charge in [0.15, 0.2) is 5.03 Å². The van der Waals surface area contributed by atoms with E-state index in [2.05, 4.69) is 10.3 Å². The Hall–Kier alpha value is -0.850. The molecule has 1 aromatic rings. The Kier molecular flexibility index (Phi) is 5.67. The Bertz CT molecular complexity index is 386. The summed E-state index contributed by atoms with van der Waals surface area (Å²) in [5.74, 6) is 0. The molecule has 0 aliphatic carbocycles. The number of piperidine rings is 1. The number of nitrogens with zero attached hydrogens (tertiary/aromatic N) is 2. The van der Waals surface area contributed by atoms with E-state index in [-0.39, 0.29) is 23.0 Å². The van der Waals surface area contributed by atoms with Crippen molar-refractivity contribution in [3.05, 3.63) is 28.4 Å². The lowest BCUT2D eigenvalue weighted by Gasteiger charge is -2.21. The van der Waals surface area contributed by atoms with Gasteiger partial charge in [0.2, 0.25) is 0 Å². The topological polar surface area (TPSA) is 68.1 Å². The van der Waals surface area contributed by atoms with Gasteiger partial charge in [-0.25, -0.2) is 4.98 Å². The fourth-order valence-electron chi connectivity index (χ4n) is 1.69. The maximum atomic E-state index is 10.8. The highest BCUT2D eigenvalue weighted by molar-refractivity contribution is 8.00. The van der Waals surface area contributed by atoms with E-state index in [4.69, 9.17) is 0 Å². The quantitative estimate of drug-likeness (QED) is 0.677. The summed E-state index contributed by atoms with van der Waals surface area (Å²) >= 11 is 1.50. The van der Waals surface area contributed by atoms with Crippen LogP contribution in [0.1, 0.15) is 12.8 Å². The van der Waals surface area contributed by atoms with Crippen molar-refractivity contribution < 1.29 is 4.92 Å². The number of nitro groups is 1. The van der Waals surface area contributed by atoms with Crippen LogP contribution in [0, 0.1) is 10.1 Å². The van der Waals surface area contributed by atoms with Gasteiger partial charge in [0, 0.05) is 24.1 Å². The maximum Gasteiger partial charge on any atom is 0.301 e. The monoisotopic (exact) mass is 275 g/mol. The van der Waals surface area contributed by atoms with Gasteiger partial charge in [-0.3, -0.25) is 10.1 Å². The molecule has 2 rings (SSSR count). The number of thioether (sulfide) groups is 1. The predicted octanol–water partition coefficient (Wildman–Crippen LogP) is 2.26. The van der Waals surface area contributed by atoms with Crippen molar-refractivity contribution in [2.45, 2.75) is 23.1 Å². The molecule has 94 valence electrons. The second kappa shape index (κ2) is 6.78. The van der Waals surface area contributed by atoms with Gasteiger partial charge in [-0.05, 0) is 25.5 Å². The summed E-state index contributed by atoms with van der Waals surface area (Å²) in [4.78, 5) is 14.5. The highest BCUT2D eigenvalue weighted by Gasteiger charge is 2.20. The van der Waals surface area contributed by atoms with Gasteiger partial charge in [-0.15, -0.1) is 12.4 Å². The Balaban J connectivity index is 0.00000144. The van der Waals surface area contributed by atoms with Crippen LogP contribution in [0.3, 0.4) is 0 Å². The van der Waals surface area contributed by atoms with E-state index in [1.54, 1.807) is 12.3 Å². The smallest absolute Gasteiger partial charge is 0.301 e. The Labute approximate surface area is 110 Å². The lowest BCUT2D eigenvalue weighted by atomic mass is 10.2. The first kappa shape index (κ1) is 14.2. The van der Waals surface area contributed by atoms with E-state index in [9.17, 15) is 10.1 Å². The highest BCUT2D eigenvalue weighted by Crippen LogP contribution is 2.31. The maximum absolute atomic E-state index is 10.8. The molecule has 1 unspecified atom stereocenters. The number of hydrogen-bond acceptors (Lipinski definition) is 5. The molecule has 1 fully saturated rings. The van der Waals surface area contributed by atoms with E-state index in [0.29, 0.717) is 10.3 Å². The van der Waals surface area contributed by atoms with Gasteiger partial charge < -0.3 is 5.32 Å². The minimum Gasteiger partial charge on any atom is -0.316 e. The van der Waals surface area contributed by atoms with Crippen LogP contribution in [0.25, 0.3) is 0 Å². The van der Waals surface area contributed by atoms with Gasteiger partial charge in [-0.1, -0.05) is 11.8 Å². The number of halogens is 1. The van der Waals surface area contributed by atoms with Crippen LogP contribution >= 0.6 is 24.2 Å². The van der Waals surface area contributed by atoms with Crippen molar-refractivity contribution in [1.29, 1.82) is 0 Å². The molecular formula is C10H14ClN3O2S. The third-order valence-corrected chi connectivity index (χ3v) is 3.75. The van der Waals surface area contributed by atoms with Gasteiger partial charge in [0.25, 0.3) is 0 Å². The van der Waals surface area contributed by atoms with Crippen LogP contribution < -0.4 is 5.32 Å². The zero-order valence-corrected chi connectivity index (χ0v) is 10.8. The average molecular weight is 276 g/mol. The molecule has 0 spiro atoms. The van der Waals surface area contributed by atoms with Crippen LogP contribution in [-0.4, -0.2) is 28.2 Å². The van der Waals surface area contributed by atoms with Crippen molar-refractivity contribution in [1.82, 2.24) is 10.3 Å². The Morgan fingerprint density at radius 2 is 2.41 bits per heavy atom. The minimum atomic E-state index is -0.369. The largest absolute Gasteiger partial charge is 0.316 e. The van der Waals surface area contributed by atoms with Crippen molar-refractivity contribution in [2.24, 2.45) is 0 Å². The minimum absolute atomic E-state index is 0. The molecule has 1 N–H and O–H groups in total. The number of rotatable bonds is 3. The summed E-state index contributed by atoms with van der Waals surface area (Å²) in [7, 11) is 0.